The number of nitrogens with zero attached hydrogens (tertiary/aromatic N) is 2. The van der Waals surface area contributed by atoms with Crippen LogP contribution in [0.4, 0.5) is 5.69 Å². The molecule has 0 aliphatic carbocycles. The molecule has 1 aromatic carbocycles. The fourth-order valence-electron chi connectivity index (χ4n) is 2.47. The third-order valence-corrected chi connectivity index (χ3v) is 5.48. The molecule has 0 N–H and O–H groups in total. The molecule has 24 heavy (non-hydrogen) atoms. The number of non-ortho nitro benzene ring substituents is 1. The summed E-state index contributed by atoms with van der Waals surface area (Å²) in [6.45, 7) is 0.988. The predicted molar refractivity (Wildman–Crippen MR) is 84.1 cm³/mol. The van der Waals surface area contributed by atoms with E-state index in [9.17, 15) is 18.5 Å². The number of nitro benzene ring substituents is 1. The van der Waals surface area contributed by atoms with Crippen LogP contribution in [0.5, 0.6) is 5.75 Å². The van der Waals surface area contributed by atoms with Gasteiger partial charge in [-0.2, -0.15) is 4.31 Å². The van der Waals surface area contributed by atoms with Gasteiger partial charge in [-0.3, -0.25) is 10.1 Å². The van der Waals surface area contributed by atoms with Gasteiger partial charge >= 0.3 is 0 Å². The molecule has 1 saturated heterocycles. The van der Waals surface area contributed by atoms with Gasteiger partial charge in [0.2, 0.25) is 5.09 Å². The highest BCUT2D eigenvalue weighted by Gasteiger charge is 2.29. The molecule has 0 amide bonds. The summed E-state index contributed by atoms with van der Waals surface area (Å²) in [5.74, 6) is 0.642. The van der Waals surface area contributed by atoms with Crippen molar-refractivity contribution in [2.24, 2.45) is 0 Å². The minimum Gasteiger partial charge on any atom is -0.485 e. The van der Waals surface area contributed by atoms with E-state index in [2.05, 4.69) is 0 Å². The highest BCUT2D eigenvalue weighted by atomic mass is 32.2. The van der Waals surface area contributed by atoms with Gasteiger partial charge in [-0.25, -0.2) is 8.42 Å². The Labute approximate surface area is 138 Å². The standard InChI is InChI=1S/C15H16N2O6S/c18-17(19)12-4-3-5-13(10-12)22-11-14-6-7-15(23-14)24(20,21)16-8-1-2-9-16/h3-7,10H,1-2,8-9,11H2. The lowest BCUT2D eigenvalue weighted by molar-refractivity contribution is -0.384. The number of furan rings is 1. The van der Waals surface area contributed by atoms with Crippen LogP contribution in [0.25, 0.3) is 0 Å². The summed E-state index contributed by atoms with van der Waals surface area (Å²) >= 11 is 0. The Kier molecular flexibility index (Phi) is 4.54. The van der Waals surface area contributed by atoms with Gasteiger partial charge in [-0.05, 0) is 31.0 Å². The molecule has 0 atom stereocenters. The number of sulfonamides is 1. The maximum atomic E-state index is 12.4. The van der Waals surface area contributed by atoms with Gasteiger partial charge in [-0.1, -0.05) is 6.07 Å². The van der Waals surface area contributed by atoms with E-state index in [1.807, 2.05) is 0 Å². The highest BCUT2D eigenvalue weighted by Crippen LogP contribution is 2.24. The van der Waals surface area contributed by atoms with Crippen LogP contribution in [-0.2, 0) is 16.6 Å². The molecule has 1 aliphatic rings. The van der Waals surface area contributed by atoms with Crippen LogP contribution < -0.4 is 4.74 Å². The van der Waals surface area contributed by atoms with E-state index in [-0.39, 0.29) is 17.4 Å². The van der Waals surface area contributed by atoms with Gasteiger partial charge in [-0.15, -0.1) is 0 Å². The van der Waals surface area contributed by atoms with Crippen LogP contribution in [0.2, 0.25) is 0 Å². The fourth-order valence-corrected chi connectivity index (χ4v) is 3.92. The van der Waals surface area contributed by atoms with Crippen LogP contribution in [-0.4, -0.2) is 30.7 Å². The number of nitro groups is 1. The average molecular weight is 352 g/mol. The van der Waals surface area contributed by atoms with E-state index in [1.54, 1.807) is 6.07 Å². The van der Waals surface area contributed by atoms with Gasteiger partial charge in [0.25, 0.3) is 15.7 Å². The summed E-state index contributed by atoms with van der Waals surface area (Å²) in [6.07, 6.45) is 1.70. The van der Waals surface area contributed by atoms with Crippen molar-refractivity contribution in [3.8, 4) is 5.75 Å². The van der Waals surface area contributed by atoms with Crippen molar-refractivity contribution in [3.05, 3.63) is 52.3 Å². The highest BCUT2D eigenvalue weighted by molar-refractivity contribution is 7.89. The number of hydrogen-bond donors (Lipinski definition) is 0. The zero-order chi connectivity index (χ0) is 17.2. The number of benzene rings is 1. The first-order valence-electron chi connectivity index (χ1n) is 7.43. The summed E-state index contributed by atoms with van der Waals surface area (Å²) in [5.41, 5.74) is -0.0794. The van der Waals surface area contributed by atoms with Crippen molar-refractivity contribution >= 4 is 15.7 Å². The Morgan fingerprint density at radius 3 is 2.67 bits per heavy atom. The first-order chi connectivity index (χ1) is 11.5. The van der Waals surface area contributed by atoms with Crippen LogP contribution in [0.3, 0.4) is 0 Å². The normalized spacial score (nSPS) is 15.5. The van der Waals surface area contributed by atoms with E-state index in [0.717, 1.165) is 12.8 Å². The SMILES string of the molecule is O=[N+]([O-])c1cccc(OCc2ccc(S(=O)(=O)N3CCCC3)o2)c1. The molecule has 9 heteroatoms. The van der Waals surface area contributed by atoms with E-state index >= 15 is 0 Å². The van der Waals surface area contributed by atoms with Crippen LogP contribution in [0.1, 0.15) is 18.6 Å². The molecule has 0 bridgehead atoms. The Balaban J connectivity index is 1.68. The van der Waals surface area contributed by atoms with Crippen LogP contribution in [0, 0.1) is 10.1 Å². The van der Waals surface area contributed by atoms with Crippen molar-refractivity contribution in [1.29, 1.82) is 0 Å². The van der Waals surface area contributed by atoms with Gasteiger partial charge in [0.05, 0.1) is 11.0 Å². The molecule has 1 aliphatic heterocycles. The molecule has 0 spiro atoms. The zero-order valence-electron chi connectivity index (χ0n) is 12.8. The molecule has 1 fully saturated rings. The van der Waals surface area contributed by atoms with Crippen LogP contribution in [0.15, 0.2) is 45.9 Å². The van der Waals surface area contributed by atoms with Crippen molar-refractivity contribution in [2.45, 2.75) is 24.5 Å². The van der Waals surface area contributed by atoms with Crippen molar-refractivity contribution in [2.75, 3.05) is 13.1 Å². The summed E-state index contributed by atoms with van der Waals surface area (Å²) in [5, 5.41) is 10.6. The maximum absolute atomic E-state index is 12.4. The van der Waals surface area contributed by atoms with E-state index in [1.165, 1.54) is 34.6 Å². The molecule has 3 rings (SSSR count). The Morgan fingerprint density at radius 2 is 1.96 bits per heavy atom. The Hall–Kier alpha value is -2.39. The number of hydrogen-bond acceptors (Lipinski definition) is 6. The molecule has 0 unspecified atom stereocenters. The van der Waals surface area contributed by atoms with E-state index in [4.69, 9.17) is 9.15 Å². The largest absolute Gasteiger partial charge is 0.485 e. The molecule has 128 valence electrons. The van der Waals surface area contributed by atoms with E-state index in [0.29, 0.717) is 24.6 Å². The monoisotopic (exact) mass is 352 g/mol. The average Bonchev–Trinajstić information content (AvgIpc) is 3.25. The smallest absolute Gasteiger partial charge is 0.276 e. The molecule has 1 aromatic heterocycles. The lowest BCUT2D eigenvalue weighted by atomic mass is 10.3. The Bertz CT molecular complexity index is 839. The van der Waals surface area contributed by atoms with Gasteiger partial charge in [0, 0.05) is 19.2 Å². The number of ether oxygens (including phenoxy) is 1. The summed E-state index contributed by atoms with van der Waals surface area (Å²) in [4.78, 5) is 10.2. The molecule has 0 saturated carbocycles. The number of rotatable bonds is 6. The molecular formula is C15H16N2O6S. The lowest BCUT2D eigenvalue weighted by Crippen LogP contribution is -2.27. The zero-order valence-corrected chi connectivity index (χ0v) is 13.6. The van der Waals surface area contributed by atoms with Crippen molar-refractivity contribution < 1.29 is 22.5 Å². The molecule has 0 radical (unpaired) electrons. The van der Waals surface area contributed by atoms with Crippen molar-refractivity contribution in [3.63, 3.8) is 0 Å². The topological polar surface area (TPSA) is 103 Å². The fraction of sp³-hybridized carbons (Fsp3) is 0.333. The van der Waals surface area contributed by atoms with Gasteiger partial charge in [0.1, 0.15) is 18.1 Å². The first kappa shape index (κ1) is 16.5. The molecule has 8 nitrogen and oxygen atoms in total. The molecule has 2 heterocycles. The van der Waals surface area contributed by atoms with Crippen LogP contribution >= 0.6 is 0 Å². The molecular weight excluding hydrogens is 336 g/mol. The summed E-state index contributed by atoms with van der Waals surface area (Å²) < 4.78 is 36.9. The predicted octanol–water partition coefficient (Wildman–Crippen LogP) is 2.55. The quantitative estimate of drug-likeness (QED) is 0.585. The lowest BCUT2D eigenvalue weighted by Gasteiger charge is -2.12. The Morgan fingerprint density at radius 1 is 1.21 bits per heavy atom. The second kappa shape index (κ2) is 6.62. The van der Waals surface area contributed by atoms with Gasteiger partial charge < -0.3 is 9.15 Å². The summed E-state index contributed by atoms with van der Waals surface area (Å²) in [6, 6.07) is 8.68. The van der Waals surface area contributed by atoms with Gasteiger partial charge in [0.15, 0.2) is 0 Å². The third kappa shape index (κ3) is 3.41. The minimum atomic E-state index is -3.60. The van der Waals surface area contributed by atoms with E-state index < -0.39 is 14.9 Å². The van der Waals surface area contributed by atoms with Crippen molar-refractivity contribution in [1.82, 2.24) is 4.31 Å². The third-order valence-electron chi connectivity index (χ3n) is 3.71. The minimum absolute atomic E-state index is 0.0172. The first-order valence-corrected chi connectivity index (χ1v) is 8.87. The second-order valence-electron chi connectivity index (χ2n) is 5.38. The summed E-state index contributed by atoms with van der Waals surface area (Å²) in [7, 11) is -3.60. The molecule has 2 aromatic rings. The second-order valence-corrected chi connectivity index (χ2v) is 7.24. The maximum Gasteiger partial charge on any atom is 0.276 e.